The average Bonchev–Trinajstić information content (AvgIpc) is 3.14. The third kappa shape index (κ3) is 3.61. The predicted molar refractivity (Wildman–Crippen MR) is 92.8 cm³/mol. The van der Waals surface area contributed by atoms with Gasteiger partial charge in [-0.25, -0.2) is 0 Å². The summed E-state index contributed by atoms with van der Waals surface area (Å²) in [6.45, 7) is 0.921. The molecule has 0 bridgehead atoms. The topological polar surface area (TPSA) is 34.4 Å². The first-order valence-corrected chi connectivity index (χ1v) is 7.57. The normalized spacial score (nSPS) is 12.0. The number of nitrogens with one attached hydrogen (secondary N) is 1. The van der Waals surface area contributed by atoms with Gasteiger partial charge in [-0.3, -0.25) is 0 Å². The van der Waals surface area contributed by atoms with Crippen LogP contribution in [0, 0.1) is 0 Å². The van der Waals surface area contributed by atoms with E-state index < -0.39 is 0 Å². The van der Waals surface area contributed by atoms with Crippen molar-refractivity contribution >= 4 is 35.8 Å². The number of benzene rings is 1. The summed E-state index contributed by atoms with van der Waals surface area (Å²) in [6.07, 6.45) is 2.71. The van der Waals surface area contributed by atoms with Crippen LogP contribution in [0.15, 0.2) is 52.5 Å². The summed E-state index contributed by atoms with van der Waals surface area (Å²) >= 11 is 1.73. The predicted octanol–water partition coefficient (Wildman–Crippen LogP) is 4.34. The van der Waals surface area contributed by atoms with Crippen LogP contribution in [0.2, 0.25) is 0 Å². The minimum absolute atomic E-state index is 0. The second kappa shape index (κ2) is 7.54. The molecule has 2 aromatic heterocycles. The van der Waals surface area contributed by atoms with Gasteiger partial charge in [-0.2, -0.15) is 13.5 Å². The van der Waals surface area contributed by atoms with E-state index in [0.717, 1.165) is 29.7 Å². The standard InChI is InChI=1S/C16H17NO2S.H2S/c1-17-9-7-15(16-6-3-11-20-16)19-14-5-2-4-13-12(14)8-10-18-13;/h2-6,8,10-11,15,17H,7,9H2,1H3;1H2/t15-;/m0./s1. The first kappa shape index (κ1) is 15.9. The number of hydrogen-bond acceptors (Lipinski definition) is 4. The van der Waals surface area contributed by atoms with Gasteiger partial charge >= 0.3 is 0 Å². The highest BCUT2D eigenvalue weighted by Gasteiger charge is 2.16. The highest BCUT2D eigenvalue weighted by molar-refractivity contribution is 7.59. The smallest absolute Gasteiger partial charge is 0.137 e. The molecular weight excluding hydrogens is 302 g/mol. The molecular formula is C16H19NO2S2. The van der Waals surface area contributed by atoms with Gasteiger partial charge in [-0.1, -0.05) is 12.1 Å². The van der Waals surface area contributed by atoms with Crippen LogP contribution in [0.3, 0.4) is 0 Å². The van der Waals surface area contributed by atoms with Crippen LogP contribution in [-0.4, -0.2) is 13.6 Å². The van der Waals surface area contributed by atoms with Crippen LogP contribution in [0.5, 0.6) is 5.75 Å². The van der Waals surface area contributed by atoms with Gasteiger partial charge in [0.05, 0.1) is 11.6 Å². The van der Waals surface area contributed by atoms with Gasteiger partial charge < -0.3 is 14.5 Å². The number of furan rings is 1. The zero-order valence-corrected chi connectivity index (χ0v) is 13.7. The number of ether oxygens (including phenoxy) is 1. The second-order valence-corrected chi connectivity index (χ2v) is 5.58. The van der Waals surface area contributed by atoms with Crippen molar-refractivity contribution in [1.29, 1.82) is 0 Å². The minimum Gasteiger partial charge on any atom is -0.484 e. The van der Waals surface area contributed by atoms with E-state index in [1.165, 1.54) is 4.88 Å². The zero-order chi connectivity index (χ0) is 13.8. The Morgan fingerprint density at radius 3 is 2.90 bits per heavy atom. The SMILES string of the molecule is CNCC[C@H](Oc1cccc2occc12)c1cccs1.S. The van der Waals surface area contributed by atoms with Crippen molar-refractivity contribution in [3.05, 3.63) is 52.9 Å². The number of thiophene rings is 1. The highest BCUT2D eigenvalue weighted by atomic mass is 32.1. The molecule has 0 aliphatic carbocycles. The molecule has 0 aliphatic rings. The van der Waals surface area contributed by atoms with Gasteiger partial charge in [0.25, 0.3) is 0 Å². The fourth-order valence-corrected chi connectivity index (χ4v) is 3.02. The van der Waals surface area contributed by atoms with E-state index in [9.17, 15) is 0 Å². The third-order valence-corrected chi connectivity index (χ3v) is 4.21. The van der Waals surface area contributed by atoms with Crippen molar-refractivity contribution in [2.24, 2.45) is 0 Å². The first-order valence-electron chi connectivity index (χ1n) is 6.69. The van der Waals surface area contributed by atoms with Crippen LogP contribution in [0.25, 0.3) is 11.0 Å². The Morgan fingerprint density at radius 2 is 2.14 bits per heavy atom. The van der Waals surface area contributed by atoms with Crippen LogP contribution in [0.4, 0.5) is 0 Å². The van der Waals surface area contributed by atoms with Crippen molar-refractivity contribution in [2.75, 3.05) is 13.6 Å². The molecule has 0 radical (unpaired) electrons. The Labute approximate surface area is 135 Å². The summed E-state index contributed by atoms with van der Waals surface area (Å²) < 4.78 is 11.7. The molecule has 0 spiro atoms. The van der Waals surface area contributed by atoms with E-state index in [4.69, 9.17) is 9.15 Å². The zero-order valence-electron chi connectivity index (χ0n) is 11.8. The summed E-state index contributed by atoms with van der Waals surface area (Å²) in [5.41, 5.74) is 0.862. The molecule has 1 atom stereocenters. The molecule has 112 valence electrons. The third-order valence-electron chi connectivity index (χ3n) is 3.24. The highest BCUT2D eigenvalue weighted by Crippen LogP contribution is 2.33. The van der Waals surface area contributed by atoms with Crippen LogP contribution < -0.4 is 10.1 Å². The maximum Gasteiger partial charge on any atom is 0.137 e. The monoisotopic (exact) mass is 321 g/mol. The number of hydrogen-bond donors (Lipinski definition) is 1. The molecule has 0 aliphatic heterocycles. The Bertz CT molecular complexity index is 664. The average molecular weight is 321 g/mol. The summed E-state index contributed by atoms with van der Waals surface area (Å²) in [5.74, 6) is 0.880. The molecule has 3 rings (SSSR count). The lowest BCUT2D eigenvalue weighted by Gasteiger charge is -2.18. The molecule has 0 amide bonds. The van der Waals surface area contributed by atoms with E-state index in [0.29, 0.717) is 0 Å². The fraction of sp³-hybridized carbons (Fsp3) is 0.250. The molecule has 5 heteroatoms. The van der Waals surface area contributed by atoms with Crippen molar-refractivity contribution in [1.82, 2.24) is 5.32 Å². The van der Waals surface area contributed by atoms with Gasteiger partial charge in [-0.15, -0.1) is 11.3 Å². The molecule has 2 heterocycles. The molecule has 1 N–H and O–H groups in total. The van der Waals surface area contributed by atoms with Crippen molar-refractivity contribution in [2.45, 2.75) is 12.5 Å². The van der Waals surface area contributed by atoms with Crippen LogP contribution >= 0.6 is 24.8 Å². The molecule has 0 saturated heterocycles. The molecule has 0 unspecified atom stereocenters. The van der Waals surface area contributed by atoms with Crippen molar-refractivity contribution < 1.29 is 9.15 Å². The van der Waals surface area contributed by atoms with Gasteiger partial charge in [0.15, 0.2) is 0 Å². The summed E-state index contributed by atoms with van der Waals surface area (Å²) in [6, 6.07) is 12.1. The molecule has 21 heavy (non-hydrogen) atoms. The fourth-order valence-electron chi connectivity index (χ4n) is 2.23. The molecule has 0 saturated carbocycles. The van der Waals surface area contributed by atoms with E-state index in [2.05, 4.69) is 22.8 Å². The minimum atomic E-state index is 0. The van der Waals surface area contributed by atoms with Crippen LogP contribution in [-0.2, 0) is 0 Å². The molecule has 3 aromatic rings. The lowest BCUT2D eigenvalue weighted by molar-refractivity contribution is 0.201. The van der Waals surface area contributed by atoms with Gasteiger partial charge in [0.2, 0.25) is 0 Å². The van der Waals surface area contributed by atoms with Gasteiger partial charge in [-0.05, 0) is 43.2 Å². The maximum atomic E-state index is 6.24. The Balaban J connectivity index is 0.00000161. The Kier molecular flexibility index (Phi) is 5.73. The number of rotatable bonds is 6. The first-order chi connectivity index (χ1) is 9.88. The maximum absolute atomic E-state index is 6.24. The lowest BCUT2D eigenvalue weighted by atomic mass is 10.2. The summed E-state index contributed by atoms with van der Waals surface area (Å²) in [4.78, 5) is 1.25. The Morgan fingerprint density at radius 1 is 1.24 bits per heavy atom. The molecule has 0 fully saturated rings. The van der Waals surface area contributed by atoms with Gasteiger partial charge in [0.1, 0.15) is 17.4 Å². The lowest BCUT2D eigenvalue weighted by Crippen LogP contribution is -2.15. The quantitative estimate of drug-likeness (QED) is 0.733. The van der Waals surface area contributed by atoms with E-state index in [1.807, 2.05) is 31.3 Å². The summed E-state index contributed by atoms with van der Waals surface area (Å²) in [7, 11) is 1.96. The van der Waals surface area contributed by atoms with Crippen LogP contribution in [0.1, 0.15) is 17.4 Å². The van der Waals surface area contributed by atoms with Crippen molar-refractivity contribution in [3.8, 4) is 5.75 Å². The Hall–Kier alpha value is -1.43. The van der Waals surface area contributed by atoms with Gasteiger partial charge in [0, 0.05) is 11.3 Å². The second-order valence-electron chi connectivity index (χ2n) is 4.60. The van der Waals surface area contributed by atoms with E-state index in [-0.39, 0.29) is 19.6 Å². The molecule has 3 nitrogen and oxygen atoms in total. The van der Waals surface area contributed by atoms with Crippen molar-refractivity contribution in [3.63, 3.8) is 0 Å². The van der Waals surface area contributed by atoms with E-state index >= 15 is 0 Å². The summed E-state index contributed by atoms with van der Waals surface area (Å²) in [5, 5.41) is 6.30. The number of fused-ring (bicyclic) bond motifs is 1. The van der Waals surface area contributed by atoms with E-state index in [1.54, 1.807) is 17.6 Å². The largest absolute Gasteiger partial charge is 0.484 e. The molecule has 1 aromatic carbocycles.